The Morgan fingerprint density at radius 1 is 1.10 bits per heavy atom. The number of ether oxygens (including phenoxy) is 2. The second-order valence-electron chi connectivity index (χ2n) is 6.79. The van der Waals surface area contributed by atoms with Crippen molar-refractivity contribution in [1.29, 1.82) is 0 Å². The molecule has 0 amide bonds. The fourth-order valence-electron chi connectivity index (χ4n) is 3.46. The van der Waals surface area contributed by atoms with Gasteiger partial charge in [0.1, 0.15) is 19.3 Å². The van der Waals surface area contributed by atoms with E-state index in [2.05, 4.69) is 5.32 Å². The minimum atomic E-state index is -3.27. The summed E-state index contributed by atoms with van der Waals surface area (Å²) in [4.78, 5) is 1.70. The molecule has 0 saturated carbocycles. The van der Waals surface area contributed by atoms with Gasteiger partial charge in [0.25, 0.3) is 5.92 Å². The van der Waals surface area contributed by atoms with Crippen molar-refractivity contribution in [2.45, 2.75) is 18.6 Å². The van der Waals surface area contributed by atoms with Crippen LogP contribution < -0.4 is 14.8 Å². The highest BCUT2D eigenvalue weighted by molar-refractivity contribution is 5.85. The number of hydrogen-bond donors (Lipinski definition) is 2. The van der Waals surface area contributed by atoms with Gasteiger partial charge in [-0.25, -0.2) is 8.78 Å². The lowest BCUT2D eigenvalue weighted by Crippen LogP contribution is -2.51. The molecule has 2 aromatic carbocycles. The second-order valence-corrected chi connectivity index (χ2v) is 6.79. The standard InChI is InChI=1S/C21H26F2N2O3.ClH/c1-27-19-13-17(7-8-18(19)28-14-16-5-3-2-4-6-16)20(21(22,23)15-26)25-11-9-24-10-12-25;/h2-8,13,20,24,26H,9-12,14-15H2,1H3;1H/t20-;/m0./s1. The Morgan fingerprint density at radius 3 is 2.41 bits per heavy atom. The second kappa shape index (κ2) is 10.7. The molecule has 1 aliphatic rings. The zero-order valence-electron chi connectivity index (χ0n) is 16.3. The molecular weight excluding hydrogens is 402 g/mol. The third kappa shape index (κ3) is 5.79. The van der Waals surface area contributed by atoms with Gasteiger partial charge < -0.3 is 19.9 Å². The molecule has 3 rings (SSSR count). The molecule has 0 bridgehead atoms. The first-order valence-electron chi connectivity index (χ1n) is 9.33. The number of hydrogen-bond acceptors (Lipinski definition) is 5. The molecule has 0 radical (unpaired) electrons. The van der Waals surface area contributed by atoms with E-state index in [1.54, 1.807) is 23.1 Å². The van der Waals surface area contributed by atoms with Crippen molar-refractivity contribution in [1.82, 2.24) is 10.2 Å². The van der Waals surface area contributed by atoms with Gasteiger partial charge in [-0.3, -0.25) is 4.90 Å². The van der Waals surface area contributed by atoms with Gasteiger partial charge in [0.2, 0.25) is 0 Å². The van der Waals surface area contributed by atoms with E-state index in [1.165, 1.54) is 7.11 Å². The first kappa shape index (κ1) is 23.3. The van der Waals surface area contributed by atoms with Crippen LogP contribution in [0.15, 0.2) is 48.5 Å². The highest BCUT2D eigenvalue weighted by Gasteiger charge is 2.44. The van der Waals surface area contributed by atoms with Crippen molar-refractivity contribution < 1.29 is 23.4 Å². The van der Waals surface area contributed by atoms with Crippen LogP contribution in [0, 0.1) is 0 Å². The number of halogens is 3. The summed E-state index contributed by atoms with van der Waals surface area (Å²) in [5.41, 5.74) is 1.39. The van der Waals surface area contributed by atoms with Gasteiger partial charge in [0.05, 0.1) is 7.11 Å². The fourth-order valence-corrected chi connectivity index (χ4v) is 3.46. The van der Waals surface area contributed by atoms with Crippen LogP contribution in [-0.4, -0.2) is 55.8 Å². The van der Waals surface area contributed by atoms with Crippen LogP contribution in [0.25, 0.3) is 0 Å². The average molecular weight is 429 g/mol. The van der Waals surface area contributed by atoms with E-state index in [0.717, 1.165) is 5.56 Å². The predicted octanol–water partition coefficient (Wildman–Crippen LogP) is 3.27. The van der Waals surface area contributed by atoms with Crippen LogP contribution in [-0.2, 0) is 6.61 Å². The minimum absolute atomic E-state index is 0. The van der Waals surface area contributed by atoms with Crippen molar-refractivity contribution in [3.63, 3.8) is 0 Å². The molecule has 5 nitrogen and oxygen atoms in total. The van der Waals surface area contributed by atoms with Crippen molar-refractivity contribution in [2.24, 2.45) is 0 Å². The van der Waals surface area contributed by atoms with Crippen molar-refractivity contribution in [2.75, 3.05) is 39.9 Å². The van der Waals surface area contributed by atoms with E-state index in [9.17, 15) is 13.9 Å². The van der Waals surface area contributed by atoms with Gasteiger partial charge in [-0.05, 0) is 23.3 Å². The molecular formula is C21H27ClF2N2O3. The monoisotopic (exact) mass is 428 g/mol. The number of aliphatic hydroxyl groups excluding tert-OH is 1. The Balaban J connectivity index is 0.00000300. The van der Waals surface area contributed by atoms with E-state index in [-0.39, 0.29) is 12.4 Å². The maximum atomic E-state index is 14.6. The van der Waals surface area contributed by atoms with Crippen LogP contribution in [0.4, 0.5) is 8.78 Å². The number of nitrogens with zero attached hydrogens (tertiary/aromatic N) is 1. The summed E-state index contributed by atoms with van der Waals surface area (Å²) in [6, 6.07) is 13.3. The lowest BCUT2D eigenvalue weighted by molar-refractivity contribution is -0.118. The SMILES string of the molecule is COc1cc([C@H](N2CCNCC2)C(F)(F)CO)ccc1OCc1ccccc1.Cl. The maximum Gasteiger partial charge on any atom is 0.289 e. The largest absolute Gasteiger partial charge is 0.493 e. The van der Waals surface area contributed by atoms with Crippen molar-refractivity contribution >= 4 is 12.4 Å². The van der Waals surface area contributed by atoms with Gasteiger partial charge in [-0.2, -0.15) is 0 Å². The molecule has 160 valence electrons. The van der Waals surface area contributed by atoms with Crippen LogP contribution in [0.2, 0.25) is 0 Å². The molecule has 1 heterocycles. The van der Waals surface area contributed by atoms with E-state index in [1.807, 2.05) is 30.3 Å². The fraction of sp³-hybridized carbons (Fsp3) is 0.429. The van der Waals surface area contributed by atoms with Gasteiger partial charge in [0, 0.05) is 26.2 Å². The van der Waals surface area contributed by atoms with Crippen LogP contribution in [0.3, 0.4) is 0 Å². The zero-order valence-corrected chi connectivity index (χ0v) is 17.1. The number of methoxy groups -OCH3 is 1. The summed E-state index contributed by atoms with van der Waals surface area (Å²) in [5.74, 6) is -2.39. The number of nitrogens with one attached hydrogen (secondary N) is 1. The van der Waals surface area contributed by atoms with Crippen molar-refractivity contribution in [3.8, 4) is 11.5 Å². The zero-order chi connectivity index (χ0) is 20.0. The summed E-state index contributed by atoms with van der Waals surface area (Å²) in [6.45, 7) is 1.37. The highest BCUT2D eigenvalue weighted by Crippen LogP contribution is 2.40. The Hall–Kier alpha value is -1.93. The predicted molar refractivity (Wildman–Crippen MR) is 110 cm³/mol. The Kier molecular flexibility index (Phi) is 8.64. The molecule has 1 fully saturated rings. The molecule has 8 heteroatoms. The number of rotatable bonds is 8. The van der Waals surface area contributed by atoms with Gasteiger partial charge in [-0.15, -0.1) is 12.4 Å². The van der Waals surface area contributed by atoms with Crippen molar-refractivity contribution in [3.05, 3.63) is 59.7 Å². The van der Waals surface area contributed by atoms with Crippen LogP contribution >= 0.6 is 12.4 Å². The third-order valence-electron chi connectivity index (χ3n) is 4.87. The van der Waals surface area contributed by atoms with E-state index < -0.39 is 18.6 Å². The molecule has 0 spiro atoms. The third-order valence-corrected chi connectivity index (χ3v) is 4.87. The number of alkyl halides is 2. The summed E-state index contributed by atoms with van der Waals surface area (Å²) in [6.07, 6.45) is 0. The molecule has 2 aromatic rings. The first-order chi connectivity index (χ1) is 13.5. The number of benzene rings is 2. The number of piperazine rings is 1. The molecule has 2 N–H and O–H groups in total. The van der Waals surface area contributed by atoms with Crippen LogP contribution in [0.5, 0.6) is 11.5 Å². The lowest BCUT2D eigenvalue weighted by Gasteiger charge is -2.38. The lowest BCUT2D eigenvalue weighted by atomic mass is 9.97. The maximum absolute atomic E-state index is 14.6. The normalized spacial score (nSPS) is 16.0. The summed E-state index contributed by atoms with van der Waals surface area (Å²) >= 11 is 0. The van der Waals surface area contributed by atoms with Gasteiger partial charge in [0.15, 0.2) is 11.5 Å². The van der Waals surface area contributed by atoms with Gasteiger partial charge >= 0.3 is 0 Å². The van der Waals surface area contributed by atoms with Gasteiger partial charge in [-0.1, -0.05) is 36.4 Å². The minimum Gasteiger partial charge on any atom is -0.493 e. The highest BCUT2D eigenvalue weighted by atomic mass is 35.5. The Labute approximate surface area is 176 Å². The average Bonchev–Trinajstić information content (AvgIpc) is 2.74. The quantitative estimate of drug-likeness (QED) is 0.676. The molecule has 1 aliphatic heterocycles. The molecule has 0 aromatic heterocycles. The number of aliphatic hydroxyl groups is 1. The molecule has 0 aliphatic carbocycles. The summed E-state index contributed by atoms with van der Waals surface area (Å²) < 4.78 is 40.4. The van der Waals surface area contributed by atoms with Crippen LogP contribution in [0.1, 0.15) is 17.2 Å². The Bertz CT molecular complexity index is 759. The molecule has 1 atom stereocenters. The molecule has 29 heavy (non-hydrogen) atoms. The first-order valence-corrected chi connectivity index (χ1v) is 9.33. The summed E-state index contributed by atoms with van der Waals surface area (Å²) in [7, 11) is 1.48. The summed E-state index contributed by atoms with van der Waals surface area (Å²) in [5, 5.41) is 12.5. The molecule has 1 saturated heterocycles. The van der Waals surface area contributed by atoms with E-state index in [0.29, 0.717) is 49.8 Å². The Morgan fingerprint density at radius 2 is 1.79 bits per heavy atom. The molecule has 0 unspecified atom stereocenters. The topological polar surface area (TPSA) is 54.0 Å². The smallest absolute Gasteiger partial charge is 0.289 e. The van der Waals surface area contributed by atoms with E-state index in [4.69, 9.17) is 9.47 Å². The van der Waals surface area contributed by atoms with E-state index >= 15 is 0 Å².